The summed E-state index contributed by atoms with van der Waals surface area (Å²) in [6.07, 6.45) is 1.21. The third-order valence-electron chi connectivity index (χ3n) is 3.72. The molecule has 0 atom stereocenters. The topological polar surface area (TPSA) is 76.1 Å². The second-order valence-electron chi connectivity index (χ2n) is 5.54. The number of hydrogen-bond acceptors (Lipinski definition) is 5. The molecule has 3 rings (SSSR count). The maximum atomic E-state index is 13.3. The van der Waals surface area contributed by atoms with Crippen LogP contribution in [0.5, 0.6) is 5.75 Å². The van der Waals surface area contributed by atoms with E-state index in [4.69, 9.17) is 4.74 Å². The van der Waals surface area contributed by atoms with Crippen molar-refractivity contribution >= 4 is 17.4 Å². The predicted octanol–water partition coefficient (Wildman–Crippen LogP) is 3.44. The van der Waals surface area contributed by atoms with E-state index in [2.05, 4.69) is 20.6 Å². The lowest BCUT2D eigenvalue weighted by Gasteiger charge is -2.10. The van der Waals surface area contributed by atoms with E-state index in [-0.39, 0.29) is 18.1 Å². The van der Waals surface area contributed by atoms with Crippen LogP contribution < -0.4 is 15.4 Å². The van der Waals surface area contributed by atoms with Crippen LogP contribution in [0.1, 0.15) is 16.1 Å². The van der Waals surface area contributed by atoms with Gasteiger partial charge in [0.25, 0.3) is 5.91 Å². The Morgan fingerprint density at radius 1 is 1.07 bits per heavy atom. The fourth-order valence-electron chi connectivity index (χ4n) is 2.39. The molecule has 1 amide bonds. The monoisotopic (exact) mass is 370 g/mol. The van der Waals surface area contributed by atoms with E-state index >= 15 is 0 Å². The number of anilines is 2. The van der Waals surface area contributed by atoms with Gasteiger partial charge in [-0.1, -0.05) is 18.2 Å². The standard InChI is InChI=1S/C19H16F2N4O2/c1-27-17-5-3-2-4-12(17)10-22-19(26)16-9-18(24-11-23-16)25-13-6-7-14(20)15(21)8-13/h2-9,11H,10H2,1H3,(H,22,26)(H,23,24,25). The zero-order valence-electron chi connectivity index (χ0n) is 14.4. The summed E-state index contributed by atoms with van der Waals surface area (Å²) in [5, 5.41) is 5.55. The molecule has 0 bridgehead atoms. The lowest BCUT2D eigenvalue weighted by atomic mass is 10.2. The summed E-state index contributed by atoms with van der Waals surface area (Å²) in [6.45, 7) is 0.263. The Kier molecular flexibility index (Phi) is 5.55. The van der Waals surface area contributed by atoms with Gasteiger partial charge >= 0.3 is 0 Å². The van der Waals surface area contributed by atoms with E-state index in [0.29, 0.717) is 11.4 Å². The molecule has 27 heavy (non-hydrogen) atoms. The van der Waals surface area contributed by atoms with Crippen LogP contribution in [-0.2, 0) is 6.54 Å². The van der Waals surface area contributed by atoms with Crippen molar-refractivity contribution in [3.05, 3.63) is 77.8 Å². The number of carbonyl (C=O) groups is 1. The summed E-state index contributed by atoms with van der Waals surface area (Å²) in [5.41, 5.74) is 1.25. The number of hydrogen-bond donors (Lipinski definition) is 2. The number of amides is 1. The molecular formula is C19H16F2N4O2. The predicted molar refractivity (Wildman–Crippen MR) is 95.8 cm³/mol. The van der Waals surface area contributed by atoms with Crippen molar-refractivity contribution in [2.45, 2.75) is 6.54 Å². The fraction of sp³-hybridized carbons (Fsp3) is 0.105. The van der Waals surface area contributed by atoms with E-state index in [1.54, 1.807) is 13.2 Å². The van der Waals surface area contributed by atoms with E-state index in [1.165, 1.54) is 18.5 Å². The molecule has 1 heterocycles. The van der Waals surface area contributed by atoms with Crippen molar-refractivity contribution in [3.8, 4) is 5.75 Å². The van der Waals surface area contributed by atoms with Gasteiger partial charge in [-0.3, -0.25) is 4.79 Å². The van der Waals surface area contributed by atoms with Crippen LogP contribution in [0.3, 0.4) is 0 Å². The average Bonchev–Trinajstić information content (AvgIpc) is 2.69. The molecule has 3 aromatic rings. The van der Waals surface area contributed by atoms with Crippen LogP contribution in [0.2, 0.25) is 0 Å². The van der Waals surface area contributed by atoms with Crippen molar-refractivity contribution in [1.29, 1.82) is 0 Å². The highest BCUT2D eigenvalue weighted by molar-refractivity contribution is 5.92. The molecule has 6 nitrogen and oxygen atoms in total. The lowest BCUT2D eigenvalue weighted by Crippen LogP contribution is -2.24. The van der Waals surface area contributed by atoms with Gasteiger partial charge < -0.3 is 15.4 Å². The van der Waals surface area contributed by atoms with Gasteiger partial charge in [0.2, 0.25) is 0 Å². The molecule has 0 saturated carbocycles. The molecule has 0 radical (unpaired) electrons. The number of carbonyl (C=O) groups excluding carboxylic acids is 1. The van der Waals surface area contributed by atoms with E-state index in [9.17, 15) is 13.6 Å². The van der Waals surface area contributed by atoms with Gasteiger partial charge in [-0.15, -0.1) is 0 Å². The number of methoxy groups -OCH3 is 1. The Bertz CT molecular complexity index is 966. The largest absolute Gasteiger partial charge is 0.496 e. The van der Waals surface area contributed by atoms with Gasteiger partial charge in [0.15, 0.2) is 11.6 Å². The Morgan fingerprint density at radius 3 is 2.67 bits per heavy atom. The maximum Gasteiger partial charge on any atom is 0.270 e. The van der Waals surface area contributed by atoms with Crippen LogP contribution in [0, 0.1) is 11.6 Å². The molecule has 2 aromatic carbocycles. The molecule has 8 heteroatoms. The van der Waals surface area contributed by atoms with Gasteiger partial charge in [-0.2, -0.15) is 0 Å². The Hall–Kier alpha value is -3.55. The quantitative estimate of drug-likeness (QED) is 0.695. The molecule has 0 aliphatic carbocycles. The van der Waals surface area contributed by atoms with E-state index in [1.807, 2.05) is 18.2 Å². The van der Waals surface area contributed by atoms with Crippen LogP contribution >= 0.6 is 0 Å². The third kappa shape index (κ3) is 4.55. The molecule has 0 fully saturated rings. The van der Waals surface area contributed by atoms with Crippen LogP contribution in [0.15, 0.2) is 54.9 Å². The first kappa shape index (κ1) is 18.2. The molecule has 1 aromatic heterocycles. The van der Waals surface area contributed by atoms with Crippen molar-refractivity contribution in [2.75, 3.05) is 12.4 Å². The number of aromatic nitrogens is 2. The molecule has 0 unspecified atom stereocenters. The summed E-state index contributed by atoms with van der Waals surface area (Å²) in [7, 11) is 1.56. The average molecular weight is 370 g/mol. The first-order valence-electron chi connectivity index (χ1n) is 8.01. The molecule has 0 aliphatic rings. The SMILES string of the molecule is COc1ccccc1CNC(=O)c1cc(Nc2ccc(F)c(F)c2)ncn1. The maximum absolute atomic E-state index is 13.3. The Balaban J connectivity index is 1.69. The lowest BCUT2D eigenvalue weighted by molar-refractivity contribution is 0.0945. The summed E-state index contributed by atoms with van der Waals surface area (Å²) in [5.74, 6) is -1.39. The first-order valence-corrected chi connectivity index (χ1v) is 8.01. The third-order valence-corrected chi connectivity index (χ3v) is 3.72. The number of para-hydroxylation sites is 1. The number of nitrogens with zero attached hydrogens (tertiary/aromatic N) is 2. The molecule has 0 spiro atoms. The number of rotatable bonds is 6. The summed E-state index contributed by atoms with van der Waals surface area (Å²) >= 11 is 0. The van der Waals surface area contributed by atoms with Gasteiger partial charge in [-0.05, 0) is 18.2 Å². The Morgan fingerprint density at radius 2 is 1.89 bits per heavy atom. The van der Waals surface area contributed by atoms with Gasteiger partial charge in [-0.25, -0.2) is 18.7 Å². The zero-order valence-corrected chi connectivity index (χ0v) is 14.4. The number of halogens is 2. The Labute approximate surface area is 154 Å². The second kappa shape index (κ2) is 8.22. The highest BCUT2D eigenvalue weighted by Crippen LogP contribution is 2.19. The van der Waals surface area contributed by atoms with Crippen molar-refractivity contribution in [3.63, 3.8) is 0 Å². The van der Waals surface area contributed by atoms with Crippen LogP contribution in [0.4, 0.5) is 20.3 Å². The minimum atomic E-state index is -0.983. The smallest absolute Gasteiger partial charge is 0.270 e. The fourth-order valence-corrected chi connectivity index (χ4v) is 2.39. The highest BCUT2D eigenvalue weighted by Gasteiger charge is 2.11. The van der Waals surface area contributed by atoms with Crippen LogP contribution in [-0.4, -0.2) is 23.0 Å². The first-order chi connectivity index (χ1) is 13.1. The zero-order chi connectivity index (χ0) is 19.2. The highest BCUT2D eigenvalue weighted by atomic mass is 19.2. The van der Waals surface area contributed by atoms with E-state index in [0.717, 1.165) is 17.7 Å². The number of ether oxygens (including phenoxy) is 1. The molecule has 138 valence electrons. The van der Waals surface area contributed by atoms with Crippen LogP contribution in [0.25, 0.3) is 0 Å². The second-order valence-corrected chi connectivity index (χ2v) is 5.54. The summed E-state index contributed by atoms with van der Waals surface area (Å²) in [4.78, 5) is 20.3. The molecule has 0 saturated heterocycles. The van der Waals surface area contributed by atoms with Crippen molar-refractivity contribution < 1.29 is 18.3 Å². The van der Waals surface area contributed by atoms with Crippen molar-refractivity contribution in [1.82, 2.24) is 15.3 Å². The summed E-state index contributed by atoms with van der Waals surface area (Å²) in [6, 6.07) is 12.1. The molecular weight excluding hydrogens is 354 g/mol. The van der Waals surface area contributed by atoms with E-state index < -0.39 is 17.5 Å². The van der Waals surface area contributed by atoms with Gasteiger partial charge in [0.05, 0.1) is 7.11 Å². The molecule has 2 N–H and O–H groups in total. The number of benzene rings is 2. The molecule has 0 aliphatic heterocycles. The van der Waals surface area contributed by atoms with Gasteiger partial charge in [0, 0.05) is 29.9 Å². The minimum Gasteiger partial charge on any atom is -0.496 e. The van der Waals surface area contributed by atoms with Gasteiger partial charge in [0.1, 0.15) is 23.6 Å². The summed E-state index contributed by atoms with van der Waals surface area (Å²) < 4.78 is 31.5. The van der Waals surface area contributed by atoms with Crippen molar-refractivity contribution in [2.24, 2.45) is 0 Å². The normalized spacial score (nSPS) is 10.3. The number of nitrogens with one attached hydrogen (secondary N) is 2. The minimum absolute atomic E-state index is 0.130.